The van der Waals surface area contributed by atoms with E-state index in [0.717, 1.165) is 17.1 Å². The van der Waals surface area contributed by atoms with Gasteiger partial charge >= 0.3 is 0 Å². The van der Waals surface area contributed by atoms with Crippen LogP contribution in [0.25, 0.3) is 0 Å². The summed E-state index contributed by atoms with van der Waals surface area (Å²) < 4.78 is 11.2. The molecule has 4 nitrogen and oxygen atoms in total. The van der Waals surface area contributed by atoms with Gasteiger partial charge in [-0.3, -0.25) is 4.79 Å². The van der Waals surface area contributed by atoms with E-state index in [2.05, 4.69) is 19.2 Å². The van der Waals surface area contributed by atoms with E-state index in [1.165, 1.54) is 0 Å². The van der Waals surface area contributed by atoms with Gasteiger partial charge in [0.1, 0.15) is 13.2 Å². The average molecular weight is 346 g/mol. The maximum Gasteiger partial charge on any atom is 0.252 e. The summed E-state index contributed by atoms with van der Waals surface area (Å²) in [6, 6.07) is 12.9. The first-order valence-corrected chi connectivity index (χ1v) is 8.28. The van der Waals surface area contributed by atoms with Crippen LogP contribution in [-0.4, -0.2) is 25.7 Å². The number of ether oxygens (including phenoxy) is 2. The lowest BCUT2D eigenvalue weighted by Crippen LogP contribution is -2.36. The molecule has 5 heteroatoms. The van der Waals surface area contributed by atoms with Crippen LogP contribution < -0.4 is 14.8 Å². The molecule has 1 heterocycles. The molecular weight excluding hydrogens is 326 g/mol. The van der Waals surface area contributed by atoms with Crippen LogP contribution in [0.5, 0.6) is 11.5 Å². The molecule has 0 spiro atoms. The van der Waals surface area contributed by atoms with Gasteiger partial charge in [0.2, 0.25) is 0 Å². The lowest BCUT2D eigenvalue weighted by molar-refractivity contribution is 0.0945. The van der Waals surface area contributed by atoms with Crippen LogP contribution in [0.1, 0.15) is 29.8 Å². The number of nitrogens with one attached hydrogen (secondary N) is 1. The van der Waals surface area contributed by atoms with Gasteiger partial charge in [-0.25, -0.2) is 0 Å². The summed E-state index contributed by atoms with van der Waals surface area (Å²) in [5, 5.41) is 3.41. The van der Waals surface area contributed by atoms with Crippen LogP contribution in [-0.2, 0) is 5.41 Å². The monoisotopic (exact) mass is 345 g/mol. The molecule has 1 aliphatic heterocycles. The minimum absolute atomic E-state index is 0.175. The Balaban J connectivity index is 1.72. The Morgan fingerprint density at radius 3 is 2.58 bits per heavy atom. The summed E-state index contributed by atoms with van der Waals surface area (Å²) in [7, 11) is 0. The normalized spacial score (nSPS) is 13.5. The van der Waals surface area contributed by atoms with E-state index in [-0.39, 0.29) is 11.3 Å². The Morgan fingerprint density at radius 2 is 1.83 bits per heavy atom. The van der Waals surface area contributed by atoms with Crippen LogP contribution in [0.4, 0.5) is 0 Å². The molecule has 1 N–H and O–H groups in total. The molecule has 1 aliphatic rings. The molecule has 3 rings (SSSR count). The fourth-order valence-corrected chi connectivity index (χ4v) is 2.83. The number of carbonyl (C=O) groups is 1. The molecule has 0 atom stereocenters. The standard InChI is InChI=1S/C19H20ClNO3/c1-19(2,12-21-18(22)14-5-3-4-6-15(14)20)13-7-8-16-17(11-13)24-10-9-23-16/h3-8,11H,9-10,12H2,1-2H3,(H,21,22). The number of benzene rings is 2. The van der Waals surface area contributed by atoms with Crippen molar-refractivity contribution in [2.75, 3.05) is 19.8 Å². The topological polar surface area (TPSA) is 47.6 Å². The van der Waals surface area contributed by atoms with Crippen molar-refractivity contribution in [1.82, 2.24) is 5.32 Å². The molecule has 1 amide bonds. The van der Waals surface area contributed by atoms with Gasteiger partial charge in [-0.2, -0.15) is 0 Å². The minimum Gasteiger partial charge on any atom is -0.486 e. The third-order valence-corrected chi connectivity index (χ3v) is 4.46. The largest absolute Gasteiger partial charge is 0.486 e. The lowest BCUT2D eigenvalue weighted by atomic mass is 9.84. The highest BCUT2D eigenvalue weighted by atomic mass is 35.5. The average Bonchev–Trinajstić information content (AvgIpc) is 2.60. The van der Waals surface area contributed by atoms with Gasteiger partial charge in [0, 0.05) is 12.0 Å². The number of fused-ring (bicyclic) bond motifs is 1. The van der Waals surface area contributed by atoms with E-state index < -0.39 is 0 Å². The van der Waals surface area contributed by atoms with Crippen LogP contribution >= 0.6 is 11.6 Å². The minimum atomic E-state index is -0.257. The summed E-state index contributed by atoms with van der Waals surface area (Å²) in [4.78, 5) is 12.3. The predicted molar refractivity (Wildman–Crippen MR) is 94.2 cm³/mol. The van der Waals surface area contributed by atoms with Crippen molar-refractivity contribution in [3.05, 3.63) is 58.6 Å². The second kappa shape index (κ2) is 6.73. The van der Waals surface area contributed by atoms with Crippen LogP contribution in [0.3, 0.4) is 0 Å². The molecule has 0 radical (unpaired) electrons. The quantitative estimate of drug-likeness (QED) is 0.916. The van der Waals surface area contributed by atoms with Gasteiger partial charge in [-0.05, 0) is 29.8 Å². The molecule has 2 aromatic rings. The van der Waals surface area contributed by atoms with Crippen molar-refractivity contribution in [2.45, 2.75) is 19.3 Å². The van der Waals surface area contributed by atoms with E-state index in [1.54, 1.807) is 24.3 Å². The van der Waals surface area contributed by atoms with Crippen molar-refractivity contribution in [3.63, 3.8) is 0 Å². The smallest absolute Gasteiger partial charge is 0.252 e. The molecule has 0 unspecified atom stereocenters. The molecule has 0 saturated carbocycles. The zero-order valence-electron chi connectivity index (χ0n) is 13.8. The number of hydrogen-bond donors (Lipinski definition) is 1. The summed E-state index contributed by atoms with van der Waals surface area (Å²) in [6.07, 6.45) is 0. The maximum atomic E-state index is 12.3. The number of halogens is 1. The fourth-order valence-electron chi connectivity index (χ4n) is 2.61. The second-order valence-corrected chi connectivity index (χ2v) is 6.81. The summed E-state index contributed by atoms with van der Waals surface area (Å²) in [5.74, 6) is 1.34. The Bertz CT molecular complexity index is 758. The highest BCUT2D eigenvalue weighted by Crippen LogP contribution is 2.35. The van der Waals surface area contributed by atoms with Gasteiger partial charge in [0.25, 0.3) is 5.91 Å². The Hall–Kier alpha value is -2.20. The van der Waals surface area contributed by atoms with E-state index >= 15 is 0 Å². The Morgan fingerprint density at radius 1 is 1.12 bits per heavy atom. The van der Waals surface area contributed by atoms with Crippen LogP contribution in [0.2, 0.25) is 5.02 Å². The SMILES string of the molecule is CC(C)(CNC(=O)c1ccccc1Cl)c1ccc2c(c1)OCCO2. The maximum absolute atomic E-state index is 12.3. The molecular formula is C19H20ClNO3. The molecule has 126 valence electrons. The number of rotatable bonds is 4. The van der Waals surface area contributed by atoms with Gasteiger partial charge in [0.15, 0.2) is 11.5 Å². The van der Waals surface area contributed by atoms with Crippen molar-refractivity contribution >= 4 is 17.5 Å². The summed E-state index contributed by atoms with van der Waals surface area (Å²) in [5.41, 5.74) is 1.30. The Kier molecular flexibility index (Phi) is 4.67. The third kappa shape index (κ3) is 3.49. The number of carbonyl (C=O) groups excluding carboxylic acids is 1. The van der Waals surface area contributed by atoms with Gasteiger partial charge in [0.05, 0.1) is 10.6 Å². The highest BCUT2D eigenvalue weighted by molar-refractivity contribution is 6.33. The molecule has 0 aromatic heterocycles. The van der Waals surface area contributed by atoms with Crippen LogP contribution in [0.15, 0.2) is 42.5 Å². The van der Waals surface area contributed by atoms with Gasteiger partial charge in [-0.15, -0.1) is 0 Å². The third-order valence-electron chi connectivity index (χ3n) is 4.13. The van der Waals surface area contributed by atoms with E-state index in [4.69, 9.17) is 21.1 Å². The fraction of sp³-hybridized carbons (Fsp3) is 0.316. The zero-order chi connectivity index (χ0) is 17.2. The van der Waals surface area contributed by atoms with E-state index in [1.807, 2.05) is 18.2 Å². The van der Waals surface area contributed by atoms with Gasteiger partial charge < -0.3 is 14.8 Å². The van der Waals surface area contributed by atoms with Crippen molar-refractivity contribution in [3.8, 4) is 11.5 Å². The first-order chi connectivity index (χ1) is 11.5. The molecule has 0 saturated heterocycles. The van der Waals surface area contributed by atoms with E-state index in [9.17, 15) is 4.79 Å². The number of amides is 1. The highest BCUT2D eigenvalue weighted by Gasteiger charge is 2.24. The van der Waals surface area contributed by atoms with E-state index in [0.29, 0.717) is 30.3 Å². The molecule has 24 heavy (non-hydrogen) atoms. The molecule has 0 aliphatic carbocycles. The first kappa shape index (κ1) is 16.7. The summed E-state index contributed by atoms with van der Waals surface area (Å²) >= 11 is 6.07. The zero-order valence-corrected chi connectivity index (χ0v) is 14.5. The van der Waals surface area contributed by atoms with Crippen molar-refractivity contribution in [1.29, 1.82) is 0 Å². The number of hydrogen-bond acceptors (Lipinski definition) is 3. The van der Waals surface area contributed by atoms with Crippen molar-refractivity contribution in [2.24, 2.45) is 0 Å². The molecule has 2 aromatic carbocycles. The molecule has 0 bridgehead atoms. The van der Waals surface area contributed by atoms with Crippen molar-refractivity contribution < 1.29 is 14.3 Å². The van der Waals surface area contributed by atoms with Crippen LogP contribution in [0, 0.1) is 0 Å². The van der Waals surface area contributed by atoms with Gasteiger partial charge in [-0.1, -0.05) is 43.6 Å². The predicted octanol–water partition coefficient (Wildman–Crippen LogP) is 3.82. The molecule has 0 fully saturated rings. The first-order valence-electron chi connectivity index (χ1n) is 7.90. The summed E-state index contributed by atoms with van der Waals surface area (Å²) in [6.45, 7) is 5.76. The Labute approximate surface area is 146 Å². The second-order valence-electron chi connectivity index (χ2n) is 6.40. The lowest BCUT2D eigenvalue weighted by Gasteiger charge is -2.28.